The smallest absolute Gasteiger partial charge is 0.351 e. The van der Waals surface area contributed by atoms with Gasteiger partial charge < -0.3 is 14.8 Å². The van der Waals surface area contributed by atoms with Crippen LogP contribution in [0.2, 0.25) is 0 Å². The first kappa shape index (κ1) is 18.4. The lowest BCUT2D eigenvalue weighted by atomic mass is 10.2. The zero-order valence-corrected chi connectivity index (χ0v) is 15.9. The van der Waals surface area contributed by atoms with Crippen molar-refractivity contribution in [2.45, 2.75) is 52.4 Å². The number of hydrogen-bond donors (Lipinski definition) is 1. The fourth-order valence-electron chi connectivity index (χ4n) is 2.30. The Kier molecular flexibility index (Phi) is 5.56. The highest BCUT2D eigenvalue weighted by atomic mass is 32.1. The second-order valence-electron chi connectivity index (χ2n) is 6.45. The lowest BCUT2D eigenvalue weighted by molar-refractivity contribution is -0.129. The van der Waals surface area contributed by atoms with Crippen LogP contribution in [0.5, 0.6) is 5.75 Å². The van der Waals surface area contributed by atoms with E-state index in [4.69, 9.17) is 9.47 Å². The molecule has 1 N–H and O–H groups in total. The van der Waals surface area contributed by atoms with Crippen molar-refractivity contribution in [3.05, 3.63) is 45.4 Å². The van der Waals surface area contributed by atoms with Gasteiger partial charge in [-0.15, -0.1) is 11.3 Å². The average molecular weight is 374 g/mol. The van der Waals surface area contributed by atoms with Crippen molar-refractivity contribution in [2.75, 3.05) is 0 Å². The molecule has 26 heavy (non-hydrogen) atoms. The Labute approximate surface area is 156 Å². The zero-order chi connectivity index (χ0) is 18.7. The van der Waals surface area contributed by atoms with E-state index in [1.165, 1.54) is 11.3 Å². The molecule has 1 aromatic carbocycles. The molecular weight excluding hydrogens is 352 g/mol. The van der Waals surface area contributed by atoms with Crippen LogP contribution in [0.3, 0.4) is 0 Å². The predicted octanol–water partition coefficient (Wildman–Crippen LogP) is 3.16. The molecule has 1 amide bonds. The minimum atomic E-state index is -0.822. The van der Waals surface area contributed by atoms with Crippen LogP contribution in [0.15, 0.2) is 24.3 Å². The maximum atomic E-state index is 12.3. The third-order valence-corrected chi connectivity index (χ3v) is 5.10. The quantitative estimate of drug-likeness (QED) is 0.753. The van der Waals surface area contributed by atoms with Gasteiger partial charge in [-0.2, -0.15) is 0 Å². The first-order valence-electron chi connectivity index (χ1n) is 8.59. The maximum Gasteiger partial charge on any atom is 0.351 e. The Hall–Kier alpha value is -2.41. The summed E-state index contributed by atoms with van der Waals surface area (Å²) in [4.78, 5) is 29.0. The Balaban J connectivity index is 1.56. The molecule has 3 rings (SSSR count). The number of esters is 1. The minimum absolute atomic E-state index is 0.235. The summed E-state index contributed by atoms with van der Waals surface area (Å²) in [5.74, 6) is -0.0380. The molecule has 1 aromatic heterocycles. The number of rotatable bonds is 7. The van der Waals surface area contributed by atoms with Gasteiger partial charge >= 0.3 is 5.97 Å². The summed E-state index contributed by atoms with van der Waals surface area (Å²) in [5, 5.41) is 3.51. The molecule has 0 saturated heterocycles. The van der Waals surface area contributed by atoms with Crippen molar-refractivity contribution in [1.82, 2.24) is 10.3 Å². The van der Waals surface area contributed by atoms with E-state index < -0.39 is 12.1 Å². The summed E-state index contributed by atoms with van der Waals surface area (Å²) in [6.45, 7) is 5.61. The lowest BCUT2D eigenvalue weighted by Gasteiger charge is -2.12. The van der Waals surface area contributed by atoms with Crippen molar-refractivity contribution in [1.29, 1.82) is 0 Å². The Morgan fingerprint density at radius 2 is 1.96 bits per heavy atom. The van der Waals surface area contributed by atoms with Crippen LogP contribution >= 0.6 is 11.3 Å². The Bertz CT molecular complexity index is 796. The highest BCUT2D eigenvalue weighted by Crippen LogP contribution is 2.22. The van der Waals surface area contributed by atoms with E-state index in [0.717, 1.165) is 24.2 Å². The summed E-state index contributed by atoms with van der Waals surface area (Å²) < 4.78 is 11.0. The molecule has 2 aromatic rings. The van der Waals surface area contributed by atoms with E-state index >= 15 is 0 Å². The maximum absolute atomic E-state index is 12.3. The number of carbonyl (C=O) groups is 2. The second kappa shape index (κ2) is 7.86. The van der Waals surface area contributed by atoms with Crippen LogP contribution in [0.25, 0.3) is 0 Å². The number of benzene rings is 1. The molecule has 0 spiro atoms. The standard InChI is InChI=1S/C19H22N2O4S/c1-11-4-8-15(9-5-11)24-10-16-20-12(2)17(26-16)19(23)25-13(3)18(22)21-14-6-7-14/h4-5,8-9,13-14H,6-7,10H2,1-3H3,(H,21,22)/t13-/m1/s1. The molecule has 1 saturated carbocycles. The number of thiazole rings is 1. The molecule has 1 atom stereocenters. The van der Waals surface area contributed by atoms with Crippen molar-refractivity contribution in [2.24, 2.45) is 0 Å². The number of aryl methyl sites for hydroxylation is 2. The topological polar surface area (TPSA) is 77.5 Å². The number of aromatic nitrogens is 1. The minimum Gasteiger partial charge on any atom is -0.486 e. The summed E-state index contributed by atoms with van der Waals surface area (Å²) >= 11 is 1.23. The Morgan fingerprint density at radius 3 is 2.62 bits per heavy atom. The molecule has 6 nitrogen and oxygen atoms in total. The highest BCUT2D eigenvalue weighted by Gasteiger charge is 2.28. The average Bonchev–Trinajstić information content (AvgIpc) is 3.34. The van der Waals surface area contributed by atoms with E-state index in [9.17, 15) is 9.59 Å². The molecule has 1 aliphatic rings. The molecule has 1 heterocycles. The number of nitrogens with one attached hydrogen (secondary N) is 1. The van der Waals surface area contributed by atoms with E-state index in [1.54, 1.807) is 13.8 Å². The second-order valence-corrected chi connectivity index (χ2v) is 7.54. The molecule has 0 radical (unpaired) electrons. The van der Waals surface area contributed by atoms with Gasteiger partial charge in [0.15, 0.2) is 6.10 Å². The number of amides is 1. The molecule has 1 fully saturated rings. The monoisotopic (exact) mass is 374 g/mol. The molecule has 0 bridgehead atoms. The molecule has 1 aliphatic carbocycles. The molecule has 138 valence electrons. The van der Waals surface area contributed by atoms with Crippen molar-refractivity contribution >= 4 is 23.2 Å². The van der Waals surface area contributed by atoms with Gasteiger partial charge in [0.1, 0.15) is 22.2 Å². The number of nitrogens with zero attached hydrogens (tertiary/aromatic N) is 1. The summed E-state index contributed by atoms with van der Waals surface area (Å²) in [5.41, 5.74) is 1.74. The first-order valence-corrected chi connectivity index (χ1v) is 9.41. The number of hydrogen-bond acceptors (Lipinski definition) is 6. The molecule has 0 aliphatic heterocycles. The third kappa shape index (κ3) is 4.82. The highest BCUT2D eigenvalue weighted by molar-refractivity contribution is 7.13. The Morgan fingerprint density at radius 1 is 1.27 bits per heavy atom. The van der Waals surface area contributed by atoms with Crippen molar-refractivity contribution < 1.29 is 19.1 Å². The number of carbonyl (C=O) groups excluding carboxylic acids is 2. The summed E-state index contributed by atoms with van der Waals surface area (Å²) in [7, 11) is 0. The summed E-state index contributed by atoms with van der Waals surface area (Å²) in [6.07, 6.45) is 1.16. The van der Waals surface area contributed by atoms with Crippen molar-refractivity contribution in [3.63, 3.8) is 0 Å². The van der Waals surface area contributed by atoms with E-state index in [0.29, 0.717) is 15.6 Å². The van der Waals surface area contributed by atoms with Gasteiger partial charge in [-0.05, 0) is 45.7 Å². The largest absolute Gasteiger partial charge is 0.486 e. The number of ether oxygens (including phenoxy) is 2. The van der Waals surface area contributed by atoms with E-state index in [2.05, 4.69) is 10.3 Å². The fourth-order valence-corrected chi connectivity index (χ4v) is 3.16. The van der Waals surface area contributed by atoms with Crippen LogP contribution in [-0.2, 0) is 16.1 Å². The lowest BCUT2D eigenvalue weighted by Crippen LogP contribution is -2.37. The van der Waals surface area contributed by atoms with Crippen LogP contribution in [0.1, 0.15) is 45.7 Å². The summed E-state index contributed by atoms with van der Waals surface area (Å²) in [6, 6.07) is 7.97. The zero-order valence-electron chi connectivity index (χ0n) is 15.1. The van der Waals surface area contributed by atoms with Crippen LogP contribution < -0.4 is 10.1 Å². The predicted molar refractivity (Wildman–Crippen MR) is 98.4 cm³/mol. The molecule has 7 heteroatoms. The van der Waals surface area contributed by atoms with Gasteiger partial charge in [-0.25, -0.2) is 9.78 Å². The van der Waals surface area contributed by atoms with Gasteiger partial charge in [0.05, 0.1) is 5.69 Å². The van der Waals surface area contributed by atoms with E-state index in [1.807, 2.05) is 31.2 Å². The van der Waals surface area contributed by atoms with Crippen molar-refractivity contribution in [3.8, 4) is 5.75 Å². The van der Waals surface area contributed by atoms with Crippen LogP contribution in [0.4, 0.5) is 0 Å². The van der Waals surface area contributed by atoms with Gasteiger partial charge in [0.25, 0.3) is 5.91 Å². The van der Waals surface area contributed by atoms with Gasteiger partial charge in [0.2, 0.25) is 0 Å². The normalized spacial score (nSPS) is 14.6. The fraction of sp³-hybridized carbons (Fsp3) is 0.421. The van der Waals surface area contributed by atoms with Gasteiger partial charge in [-0.1, -0.05) is 17.7 Å². The van der Waals surface area contributed by atoms with E-state index in [-0.39, 0.29) is 18.6 Å². The van der Waals surface area contributed by atoms with Crippen LogP contribution in [0, 0.1) is 13.8 Å². The third-order valence-electron chi connectivity index (χ3n) is 3.99. The van der Waals surface area contributed by atoms with Crippen LogP contribution in [-0.4, -0.2) is 29.0 Å². The van der Waals surface area contributed by atoms with Gasteiger partial charge in [0, 0.05) is 6.04 Å². The SMILES string of the molecule is Cc1ccc(OCc2nc(C)c(C(=O)O[C@H](C)C(=O)NC3CC3)s2)cc1. The first-order chi connectivity index (χ1) is 12.4. The van der Waals surface area contributed by atoms with Gasteiger partial charge in [-0.3, -0.25) is 4.79 Å². The molecule has 0 unspecified atom stereocenters. The molecular formula is C19H22N2O4S.